The molecule has 3 nitrogen and oxygen atoms in total. The van der Waals surface area contributed by atoms with Gasteiger partial charge in [0, 0.05) is 0 Å². The van der Waals surface area contributed by atoms with Crippen LogP contribution in [0.3, 0.4) is 0 Å². The third kappa shape index (κ3) is 1.77. The maximum atomic E-state index is 12.0. The number of hydrogen-bond acceptors (Lipinski definition) is 3. The zero-order valence-corrected chi connectivity index (χ0v) is 10.4. The minimum Gasteiger partial charge on any atom is -0.456 e. The van der Waals surface area contributed by atoms with Crippen molar-refractivity contribution in [3.8, 4) is 0 Å². The maximum Gasteiger partial charge on any atom is 0.312 e. The zero-order chi connectivity index (χ0) is 12.0. The topological polar surface area (TPSA) is 35.5 Å². The molecule has 1 aliphatic carbocycles. The van der Waals surface area contributed by atoms with E-state index in [9.17, 15) is 4.79 Å². The lowest BCUT2D eigenvalue weighted by Gasteiger charge is -2.39. The SMILES string of the molecule is CC1(C)OC(=O)[C@H]2CCC=C[C@H]2OC1(C)C. The minimum atomic E-state index is -0.588. The van der Waals surface area contributed by atoms with E-state index in [2.05, 4.69) is 6.08 Å². The van der Waals surface area contributed by atoms with Crippen molar-refractivity contribution in [1.29, 1.82) is 0 Å². The van der Waals surface area contributed by atoms with Crippen molar-refractivity contribution in [3.63, 3.8) is 0 Å². The summed E-state index contributed by atoms with van der Waals surface area (Å²) in [6.07, 6.45) is 5.71. The molecule has 2 aliphatic rings. The lowest BCUT2D eigenvalue weighted by Crippen LogP contribution is -2.49. The Kier molecular flexibility index (Phi) is 2.61. The van der Waals surface area contributed by atoms with E-state index in [1.165, 1.54) is 0 Å². The van der Waals surface area contributed by atoms with E-state index >= 15 is 0 Å². The molecule has 0 radical (unpaired) electrons. The fourth-order valence-electron chi connectivity index (χ4n) is 2.11. The van der Waals surface area contributed by atoms with Crippen molar-refractivity contribution >= 4 is 5.97 Å². The van der Waals surface area contributed by atoms with Gasteiger partial charge in [-0.25, -0.2) is 0 Å². The molecule has 0 amide bonds. The third-order valence-electron chi connectivity index (χ3n) is 3.91. The molecule has 0 saturated carbocycles. The number of carbonyl (C=O) groups is 1. The molecule has 1 heterocycles. The first-order valence-corrected chi connectivity index (χ1v) is 5.91. The quantitative estimate of drug-likeness (QED) is 0.468. The Balaban J connectivity index is 2.34. The van der Waals surface area contributed by atoms with Crippen LogP contribution in [0.5, 0.6) is 0 Å². The average Bonchev–Trinajstić information content (AvgIpc) is 2.22. The fourth-order valence-corrected chi connectivity index (χ4v) is 2.11. The largest absolute Gasteiger partial charge is 0.456 e. The lowest BCUT2D eigenvalue weighted by atomic mass is 9.88. The normalized spacial score (nSPS) is 36.1. The fraction of sp³-hybridized carbons (Fsp3) is 0.769. The van der Waals surface area contributed by atoms with Gasteiger partial charge in [-0.2, -0.15) is 0 Å². The summed E-state index contributed by atoms with van der Waals surface area (Å²) in [6.45, 7) is 7.77. The van der Waals surface area contributed by atoms with Gasteiger partial charge < -0.3 is 9.47 Å². The molecule has 90 valence electrons. The number of rotatable bonds is 0. The van der Waals surface area contributed by atoms with Crippen molar-refractivity contribution in [2.75, 3.05) is 0 Å². The van der Waals surface area contributed by atoms with E-state index in [0.29, 0.717) is 0 Å². The second-order valence-electron chi connectivity index (χ2n) is 5.64. The maximum absolute atomic E-state index is 12.0. The van der Waals surface area contributed by atoms with Crippen molar-refractivity contribution in [3.05, 3.63) is 12.2 Å². The minimum absolute atomic E-state index is 0.120. The summed E-state index contributed by atoms with van der Waals surface area (Å²) in [5, 5.41) is 0. The molecule has 1 aliphatic heterocycles. The van der Waals surface area contributed by atoms with Crippen LogP contribution in [0.1, 0.15) is 40.5 Å². The summed E-state index contributed by atoms with van der Waals surface area (Å²) in [5.74, 6) is -0.254. The molecule has 0 aromatic carbocycles. The molecule has 0 aromatic heterocycles. The van der Waals surface area contributed by atoms with Crippen LogP contribution in [-0.4, -0.2) is 23.3 Å². The van der Waals surface area contributed by atoms with Crippen LogP contribution < -0.4 is 0 Å². The van der Waals surface area contributed by atoms with Gasteiger partial charge in [-0.1, -0.05) is 12.2 Å². The molecule has 1 saturated heterocycles. The molecular weight excluding hydrogens is 204 g/mol. The molecule has 0 bridgehead atoms. The predicted octanol–water partition coefficient (Wildman–Crippen LogP) is 2.45. The van der Waals surface area contributed by atoms with Gasteiger partial charge in [0.2, 0.25) is 0 Å². The van der Waals surface area contributed by atoms with Gasteiger partial charge in [0.1, 0.15) is 11.2 Å². The van der Waals surface area contributed by atoms with E-state index in [0.717, 1.165) is 12.8 Å². The Labute approximate surface area is 96.8 Å². The first kappa shape index (κ1) is 11.6. The Morgan fingerprint density at radius 1 is 1.25 bits per heavy atom. The summed E-state index contributed by atoms with van der Waals surface area (Å²) in [5.41, 5.74) is -1.06. The smallest absolute Gasteiger partial charge is 0.312 e. The van der Waals surface area contributed by atoms with Gasteiger partial charge in [-0.05, 0) is 40.5 Å². The molecule has 2 rings (SSSR count). The van der Waals surface area contributed by atoms with Gasteiger partial charge in [0.15, 0.2) is 0 Å². The first-order chi connectivity index (χ1) is 7.33. The molecule has 1 fully saturated rings. The second-order valence-corrected chi connectivity index (χ2v) is 5.64. The standard InChI is InChI=1S/C13H20O3/c1-12(2)13(3,4)16-11(14)9-7-5-6-8-10(9)15-12/h6,8-10H,5,7H2,1-4H3/t9-,10+/m0/s1. The van der Waals surface area contributed by atoms with E-state index < -0.39 is 11.2 Å². The first-order valence-electron chi connectivity index (χ1n) is 5.91. The molecule has 0 aromatic rings. The van der Waals surface area contributed by atoms with Crippen LogP contribution in [0.4, 0.5) is 0 Å². The Morgan fingerprint density at radius 2 is 1.94 bits per heavy atom. The van der Waals surface area contributed by atoms with Crippen molar-refractivity contribution in [2.24, 2.45) is 5.92 Å². The average molecular weight is 224 g/mol. The van der Waals surface area contributed by atoms with Crippen LogP contribution in [0.15, 0.2) is 12.2 Å². The van der Waals surface area contributed by atoms with Gasteiger partial charge in [0.05, 0.1) is 12.0 Å². The second kappa shape index (κ2) is 3.59. The Bertz CT molecular complexity index is 328. The monoisotopic (exact) mass is 224 g/mol. The molecule has 0 spiro atoms. The number of ether oxygens (including phenoxy) is 2. The number of esters is 1. The van der Waals surface area contributed by atoms with Crippen LogP contribution in [-0.2, 0) is 14.3 Å². The van der Waals surface area contributed by atoms with Crippen LogP contribution in [0.25, 0.3) is 0 Å². The highest BCUT2D eigenvalue weighted by Gasteiger charge is 2.49. The zero-order valence-electron chi connectivity index (χ0n) is 10.4. The highest BCUT2D eigenvalue weighted by atomic mass is 16.6. The summed E-state index contributed by atoms with van der Waals surface area (Å²) in [6, 6.07) is 0. The number of hydrogen-bond donors (Lipinski definition) is 0. The summed E-state index contributed by atoms with van der Waals surface area (Å²) in [4.78, 5) is 12.0. The number of allylic oxidation sites excluding steroid dienone is 1. The number of cyclic esters (lactones) is 1. The molecule has 0 N–H and O–H groups in total. The summed E-state index contributed by atoms with van der Waals surface area (Å²) >= 11 is 0. The highest BCUT2D eigenvalue weighted by molar-refractivity contribution is 5.74. The number of fused-ring (bicyclic) bond motifs is 1. The van der Waals surface area contributed by atoms with Gasteiger partial charge >= 0.3 is 5.97 Å². The van der Waals surface area contributed by atoms with Crippen molar-refractivity contribution < 1.29 is 14.3 Å². The van der Waals surface area contributed by atoms with Gasteiger partial charge in [-0.15, -0.1) is 0 Å². The van der Waals surface area contributed by atoms with Crippen molar-refractivity contribution in [2.45, 2.75) is 57.8 Å². The predicted molar refractivity (Wildman–Crippen MR) is 61.0 cm³/mol. The third-order valence-corrected chi connectivity index (χ3v) is 3.91. The highest BCUT2D eigenvalue weighted by Crippen LogP contribution is 2.38. The Morgan fingerprint density at radius 3 is 2.62 bits per heavy atom. The van der Waals surface area contributed by atoms with Gasteiger partial charge in [-0.3, -0.25) is 4.79 Å². The number of carbonyl (C=O) groups excluding carboxylic acids is 1. The van der Waals surface area contributed by atoms with Gasteiger partial charge in [0.25, 0.3) is 0 Å². The van der Waals surface area contributed by atoms with E-state index in [1.807, 2.05) is 33.8 Å². The van der Waals surface area contributed by atoms with Crippen LogP contribution in [0, 0.1) is 5.92 Å². The molecule has 0 unspecified atom stereocenters. The van der Waals surface area contributed by atoms with Crippen LogP contribution in [0.2, 0.25) is 0 Å². The summed E-state index contributed by atoms with van der Waals surface area (Å²) in [7, 11) is 0. The van der Waals surface area contributed by atoms with E-state index in [1.54, 1.807) is 0 Å². The van der Waals surface area contributed by atoms with E-state index in [4.69, 9.17) is 9.47 Å². The van der Waals surface area contributed by atoms with Crippen molar-refractivity contribution in [1.82, 2.24) is 0 Å². The lowest BCUT2D eigenvalue weighted by molar-refractivity contribution is -0.178. The van der Waals surface area contributed by atoms with Crippen LogP contribution >= 0.6 is 0 Å². The van der Waals surface area contributed by atoms with E-state index in [-0.39, 0.29) is 18.0 Å². The molecule has 16 heavy (non-hydrogen) atoms. The Hall–Kier alpha value is -0.830. The molecule has 3 heteroatoms. The summed E-state index contributed by atoms with van der Waals surface area (Å²) < 4.78 is 11.6. The molecule has 2 atom stereocenters. The molecular formula is C13H20O3.